The normalized spacial score (nSPS) is 14.9. The van der Waals surface area contributed by atoms with Gasteiger partial charge < -0.3 is 9.47 Å². The van der Waals surface area contributed by atoms with Gasteiger partial charge in [-0.15, -0.1) is 0 Å². The molecule has 0 aliphatic rings. The van der Waals surface area contributed by atoms with Gasteiger partial charge in [0.05, 0.1) is 13.2 Å². The predicted molar refractivity (Wildman–Crippen MR) is 134 cm³/mol. The Morgan fingerprint density at radius 1 is 0.567 bits per heavy atom. The molecular formula is C28H58O2. The van der Waals surface area contributed by atoms with Crippen molar-refractivity contribution in [3.63, 3.8) is 0 Å². The smallest absolute Gasteiger partial charge is 0.0517 e. The van der Waals surface area contributed by atoms with Crippen molar-refractivity contribution in [2.45, 2.75) is 128 Å². The van der Waals surface area contributed by atoms with Gasteiger partial charge in [0, 0.05) is 13.2 Å². The third-order valence-corrected chi connectivity index (χ3v) is 5.93. The maximum absolute atomic E-state index is 6.09. The molecule has 0 N–H and O–H groups in total. The standard InChI is InChI=1S/C28H58O2/c1-24(21-30-23-28(10,11)19-14-17-26(5,6)7)15-12-20-29-22-27(8,9)18-13-16-25(2,3)4/h24H,12-23H2,1-11H3. The molecule has 0 saturated carbocycles. The Balaban J connectivity index is 3.81. The summed E-state index contributed by atoms with van der Waals surface area (Å²) in [7, 11) is 0. The van der Waals surface area contributed by atoms with Crippen molar-refractivity contribution in [1.29, 1.82) is 0 Å². The molecule has 0 bridgehead atoms. The highest BCUT2D eigenvalue weighted by Gasteiger charge is 2.21. The van der Waals surface area contributed by atoms with Crippen LogP contribution in [0.3, 0.4) is 0 Å². The number of rotatable bonds is 16. The second kappa shape index (κ2) is 13.5. The predicted octanol–water partition coefficient (Wildman–Crippen LogP) is 8.92. The molecule has 0 saturated heterocycles. The fourth-order valence-electron chi connectivity index (χ4n) is 3.84. The zero-order valence-corrected chi connectivity index (χ0v) is 22.9. The molecule has 0 aromatic rings. The van der Waals surface area contributed by atoms with Gasteiger partial charge in [0.1, 0.15) is 0 Å². The van der Waals surface area contributed by atoms with Crippen molar-refractivity contribution >= 4 is 0 Å². The largest absolute Gasteiger partial charge is 0.381 e. The second-order valence-corrected chi connectivity index (χ2v) is 14.0. The first-order chi connectivity index (χ1) is 13.5. The highest BCUT2D eigenvalue weighted by Crippen LogP contribution is 2.30. The van der Waals surface area contributed by atoms with Gasteiger partial charge >= 0.3 is 0 Å². The van der Waals surface area contributed by atoms with E-state index < -0.39 is 0 Å². The minimum atomic E-state index is 0.284. The molecule has 2 nitrogen and oxygen atoms in total. The van der Waals surface area contributed by atoms with Crippen LogP contribution in [0.25, 0.3) is 0 Å². The van der Waals surface area contributed by atoms with Gasteiger partial charge in [-0.3, -0.25) is 0 Å². The van der Waals surface area contributed by atoms with Crippen molar-refractivity contribution in [1.82, 2.24) is 0 Å². The van der Waals surface area contributed by atoms with Crippen LogP contribution in [0.15, 0.2) is 0 Å². The topological polar surface area (TPSA) is 18.5 Å². The van der Waals surface area contributed by atoms with Crippen molar-refractivity contribution in [3.8, 4) is 0 Å². The number of ether oxygens (including phenoxy) is 2. The van der Waals surface area contributed by atoms with Crippen molar-refractivity contribution < 1.29 is 9.47 Å². The first-order valence-corrected chi connectivity index (χ1v) is 12.7. The van der Waals surface area contributed by atoms with Crippen LogP contribution in [0.1, 0.15) is 128 Å². The lowest BCUT2D eigenvalue weighted by molar-refractivity contribution is 0.0287. The van der Waals surface area contributed by atoms with Gasteiger partial charge in [0.2, 0.25) is 0 Å². The van der Waals surface area contributed by atoms with E-state index in [-0.39, 0.29) is 5.41 Å². The summed E-state index contributed by atoms with van der Waals surface area (Å²) in [5, 5.41) is 0. The van der Waals surface area contributed by atoms with Crippen molar-refractivity contribution in [2.24, 2.45) is 27.6 Å². The quantitative estimate of drug-likeness (QED) is 0.229. The Hall–Kier alpha value is -0.0800. The lowest BCUT2D eigenvalue weighted by Gasteiger charge is -2.27. The summed E-state index contributed by atoms with van der Waals surface area (Å²) in [5.41, 5.74) is 1.46. The summed E-state index contributed by atoms with van der Waals surface area (Å²) in [6, 6.07) is 0. The van der Waals surface area contributed by atoms with E-state index in [0.717, 1.165) is 32.8 Å². The zero-order valence-electron chi connectivity index (χ0n) is 22.9. The maximum atomic E-state index is 6.09. The minimum absolute atomic E-state index is 0.284. The molecule has 0 heterocycles. The Kier molecular flexibility index (Phi) is 13.4. The minimum Gasteiger partial charge on any atom is -0.381 e. The molecule has 1 atom stereocenters. The lowest BCUT2D eigenvalue weighted by atomic mass is 9.83. The van der Waals surface area contributed by atoms with Gasteiger partial charge in [0.15, 0.2) is 0 Å². The molecule has 0 aromatic carbocycles. The third kappa shape index (κ3) is 19.9. The highest BCUT2D eigenvalue weighted by molar-refractivity contribution is 4.72. The summed E-state index contributed by atoms with van der Waals surface area (Å²) in [6.07, 6.45) is 9.99. The summed E-state index contributed by atoms with van der Waals surface area (Å²) < 4.78 is 12.1. The van der Waals surface area contributed by atoms with Crippen LogP contribution in [0.2, 0.25) is 0 Å². The van der Waals surface area contributed by atoms with E-state index in [1.807, 2.05) is 0 Å². The molecule has 2 heteroatoms. The van der Waals surface area contributed by atoms with Crippen LogP contribution in [-0.4, -0.2) is 26.4 Å². The van der Waals surface area contributed by atoms with E-state index in [1.54, 1.807) is 0 Å². The fourth-order valence-corrected chi connectivity index (χ4v) is 3.84. The van der Waals surface area contributed by atoms with Crippen LogP contribution in [0, 0.1) is 27.6 Å². The number of hydrogen-bond acceptors (Lipinski definition) is 2. The third-order valence-electron chi connectivity index (χ3n) is 5.93. The van der Waals surface area contributed by atoms with Crippen LogP contribution >= 0.6 is 0 Å². The fraction of sp³-hybridized carbons (Fsp3) is 1.00. The van der Waals surface area contributed by atoms with Crippen LogP contribution in [0.4, 0.5) is 0 Å². The Labute approximate surface area is 191 Å². The van der Waals surface area contributed by atoms with Crippen molar-refractivity contribution in [2.75, 3.05) is 26.4 Å². The van der Waals surface area contributed by atoms with Crippen LogP contribution in [0.5, 0.6) is 0 Å². The van der Waals surface area contributed by atoms with E-state index >= 15 is 0 Å². The molecule has 0 aliphatic carbocycles. The number of hydrogen-bond donors (Lipinski definition) is 0. The summed E-state index contributed by atoms with van der Waals surface area (Å²) in [5.74, 6) is 0.610. The van der Waals surface area contributed by atoms with E-state index in [1.165, 1.54) is 44.9 Å². The van der Waals surface area contributed by atoms with E-state index in [9.17, 15) is 0 Å². The molecule has 0 amide bonds. The SMILES string of the molecule is CC(CCCOCC(C)(C)CCCC(C)(C)C)COCC(C)(C)CCCC(C)(C)C. The summed E-state index contributed by atoms with van der Waals surface area (Å²) in [6.45, 7) is 29.2. The first kappa shape index (κ1) is 29.9. The second-order valence-electron chi connectivity index (χ2n) is 14.0. The molecule has 0 aliphatic heterocycles. The zero-order chi connectivity index (χ0) is 23.5. The van der Waals surface area contributed by atoms with E-state index in [0.29, 0.717) is 22.2 Å². The van der Waals surface area contributed by atoms with E-state index in [2.05, 4.69) is 76.2 Å². The van der Waals surface area contributed by atoms with Crippen LogP contribution in [-0.2, 0) is 9.47 Å². The molecule has 30 heavy (non-hydrogen) atoms. The summed E-state index contributed by atoms with van der Waals surface area (Å²) >= 11 is 0. The maximum Gasteiger partial charge on any atom is 0.0517 e. The lowest BCUT2D eigenvalue weighted by Crippen LogP contribution is -2.22. The van der Waals surface area contributed by atoms with Gasteiger partial charge in [-0.25, -0.2) is 0 Å². The Morgan fingerprint density at radius 3 is 1.43 bits per heavy atom. The van der Waals surface area contributed by atoms with E-state index in [4.69, 9.17) is 9.47 Å². The molecule has 0 fully saturated rings. The van der Waals surface area contributed by atoms with Gasteiger partial charge in [-0.1, -0.05) is 89.0 Å². The molecule has 0 rings (SSSR count). The molecule has 0 spiro atoms. The Morgan fingerprint density at radius 2 is 1.00 bits per heavy atom. The molecule has 0 radical (unpaired) electrons. The monoisotopic (exact) mass is 426 g/mol. The Bertz CT molecular complexity index is 423. The van der Waals surface area contributed by atoms with Crippen LogP contribution < -0.4 is 0 Å². The average Bonchev–Trinajstić information content (AvgIpc) is 2.51. The molecule has 0 aromatic heterocycles. The molecule has 1 unspecified atom stereocenters. The van der Waals surface area contributed by atoms with Gasteiger partial charge in [-0.2, -0.15) is 0 Å². The first-order valence-electron chi connectivity index (χ1n) is 12.7. The molecule has 182 valence electrons. The van der Waals surface area contributed by atoms with Gasteiger partial charge in [-0.05, 0) is 66.1 Å². The van der Waals surface area contributed by atoms with Crippen molar-refractivity contribution in [3.05, 3.63) is 0 Å². The van der Waals surface area contributed by atoms with Gasteiger partial charge in [0.25, 0.3) is 0 Å². The molecular weight excluding hydrogens is 368 g/mol. The average molecular weight is 427 g/mol. The highest BCUT2D eigenvalue weighted by atomic mass is 16.5. The summed E-state index contributed by atoms with van der Waals surface area (Å²) in [4.78, 5) is 0.